The van der Waals surface area contributed by atoms with Gasteiger partial charge in [0.05, 0.1) is 11.9 Å². The average molecular weight is 404 g/mol. The van der Waals surface area contributed by atoms with Crippen molar-refractivity contribution in [2.45, 2.75) is 39.5 Å². The maximum absolute atomic E-state index is 4.97. The van der Waals surface area contributed by atoms with Crippen molar-refractivity contribution < 1.29 is 0 Å². The summed E-state index contributed by atoms with van der Waals surface area (Å²) in [4.78, 5) is 9.86. The number of imidazole rings is 1. The van der Waals surface area contributed by atoms with E-state index in [4.69, 9.17) is 9.97 Å². The van der Waals surface area contributed by atoms with Crippen molar-refractivity contribution in [1.82, 2.24) is 14.4 Å². The number of hydrogen-bond donors (Lipinski definition) is 0. The van der Waals surface area contributed by atoms with Gasteiger partial charge in [0.15, 0.2) is 0 Å². The third-order valence-electron chi connectivity index (χ3n) is 6.60. The smallest absolute Gasteiger partial charge is 0.147 e. The van der Waals surface area contributed by atoms with Gasteiger partial charge >= 0.3 is 0 Å². The third kappa shape index (κ3) is 2.46. The summed E-state index contributed by atoms with van der Waals surface area (Å²) >= 11 is 0. The van der Waals surface area contributed by atoms with Gasteiger partial charge in [-0.1, -0.05) is 76.2 Å². The number of pyridine rings is 2. The molecule has 0 fully saturated rings. The number of rotatable bonds is 3. The zero-order chi connectivity index (χ0) is 21.3. The van der Waals surface area contributed by atoms with Crippen molar-refractivity contribution in [3.8, 4) is 11.3 Å². The summed E-state index contributed by atoms with van der Waals surface area (Å²) in [6.45, 7) is 9.08. The minimum atomic E-state index is 0.419. The molecule has 0 saturated heterocycles. The second-order valence-corrected chi connectivity index (χ2v) is 9.13. The normalized spacial score (nSPS) is 12.5. The molecule has 0 aliphatic rings. The lowest BCUT2D eigenvalue weighted by Gasteiger charge is -2.20. The number of benzene rings is 3. The van der Waals surface area contributed by atoms with Crippen LogP contribution in [0.5, 0.6) is 0 Å². The highest BCUT2D eigenvalue weighted by molar-refractivity contribution is 6.24. The Kier molecular flexibility index (Phi) is 3.85. The van der Waals surface area contributed by atoms with E-state index in [0.717, 1.165) is 17.0 Å². The van der Waals surface area contributed by atoms with Crippen LogP contribution < -0.4 is 0 Å². The second kappa shape index (κ2) is 6.52. The molecule has 3 heterocycles. The minimum Gasteiger partial charge on any atom is -0.276 e. The first-order valence-corrected chi connectivity index (χ1v) is 11.1. The molecule has 0 spiro atoms. The maximum Gasteiger partial charge on any atom is 0.147 e. The van der Waals surface area contributed by atoms with Crippen LogP contribution in [0.25, 0.3) is 49.5 Å². The zero-order valence-corrected chi connectivity index (χ0v) is 18.3. The molecule has 6 aromatic rings. The molecule has 3 nitrogen and oxygen atoms in total. The number of fused-ring (bicyclic) bond motifs is 3. The van der Waals surface area contributed by atoms with Gasteiger partial charge < -0.3 is 0 Å². The molecule has 0 amide bonds. The molecule has 0 N–H and O–H groups in total. The molecular weight excluding hydrogens is 378 g/mol. The van der Waals surface area contributed by atoms with Crippen molar-refractivity contribution in [3.63, 3.8) is 0 Å². The van der Waals surface area contributed by atoms with E-state index < -0.39 is 0 Å². The van der Waals surface area contributed by atoms with Crippen LogP contribution in [0.1, 0.15) is 50.7 Å². The van der Waals surface area contributed by atoms with Crippen LogP contribution in [0.2, 0.25) is 0 Å². The topological polar surface area (TPSA) is 30.2 Å². The summed E-state index contributed by atoms with van der Waals surface area (Å²) < 4.78 is 2.29. The van der Waals surface area contributed by atoms with E-state index in [0.29, 0.717) is 11.8 Å². The standard InChI is InChI=1S/C28H25N3/c1-16(2)20-8-6-9-21(17(3)4)26(20)23-15-30-27-22-10-5-7-18-11-12-19-13-14-29-28(31(23)27)25(19)24(18)22/h5-17H,1-4H3. The van der Waals surface area contributed by atoms with Crippen LogP contribution in [0.3, 0.4) is 0 Å². The molecule has 3 aromatic carbocycles. The van der Waals surface area contributed by atoms with Gasteiger partial charge in [-0.25, -0.2) is 9.97 Å². The summed E-state index contributed by atoms with van der Waals surface area (Å²) in [6.07, 6.45) is 3.97. The highest BCUT2D eigenvalue weighted by Gasteiger charge is 2.22. The second-order valence-electron chi connectivity index (χ2n) is 9.13. The molecule has 0 radical (unpaired) electrons. The van der Waals surface area contributed by atoms with Gasteiger partial charge in [0.2, 0.25) is 0 Å². The SMILES string of the molecule is CC(C)c1cccc(C(C)C)c1-c1cnc2c3cccc4ccc5ccnc(c5c43)n12. The first kappa shape index (κ1) is 18.3. The van der Waals surface area contributed by atoms with Crippen LogP contribution in [0, 0.1) is 0 Å². The summed E-state index contributed by atoms with van der Waals surface area (Å²) in [7, 11) is 0. The van der Waals surface area contributed by atoms with Crippen molar-refractivity contribution >= 4 is 38.2 Å². The lowest BCUT2D eigenvalue weighted by molar-refractivity contribution is 0.836. The summed E-state index contributed by atoms with van der Waals surface area (Å²) in [6, 6.07) is 19.7. The summed E-state index contributed by atoms with van der Waals surface area (Å²) in [5, 5.41) is 6.12. The van der Waals surface area contributed by atoms with Crippen molar-refractivity contribution in [2.75, 3.05) is 0 Å². The van der Waals surface area contributed by atoms with E-state index in [-0.39, 0.29) is 0 Å². The van der Waals surface area contributed by atoms with Crippen LogP contribution >= 0.6 is 0 Å². The molecule has 0 aliphatic carbocycles. The highest BCUT2D eigenvalue weighted by atomic mass is 15.1. The van der Waals surface area contributed by atoms with Gasteiger partial charge in [-0.3, -0.25) is 4.40 Å². The monoisotopic (exact) mass is 403 g/mol. The molecule has 0 aliphatic heterocycles. The molecule has 0 unspecified atom stereocenters. The molecule has 0 atom stereocenters. The van der Waals surface area contributed by atoms with E-state index in [1.54, 1.807) is 0 Å². The van der Waals surface area contributed by atoms with Gasteiger partial charge in [0.25, 0.3) is 0 Å². The average Bonchev–Trinajstić information content (AvgIpc) is 3.22. The number of hydrogen-bond acceptors (Lipinski definition) is 2. The first-order valence-electron chi connectivity index (χ1n) is 11.1. The molecular formula is C28H25N3. The number of aromatic nitrogens is 3. The van der Waals surface area contributed by atoms with Gasteiger partial charge in [0.1, 0.15) is 11.3 Å². The Balaban J connectivity index is 1.87. The molecule has 3 heteroatoms. The Labute approximate surface area is 181 Å². The fourth-order valence-electron chi connectivity index (χ4n) is 5.16. The Morgan fingerprint density at radius 1 is 0.677 bits per heavy atom. The Bertz CT molecular complexity index is 1560. The number of nitrogens with zero attached hydrogens (tertiary/aromatic N) is 3. The first-order chi connectivity index (χ1) is 15.1. The predicted molar refractivity (Wildman–Crippen MR) is 130 cm³/mol. The molecule has 3 aromatic heterocycles. The van der Waals surface area contributed by atoms with Crippen LogP contribution in [-0.4, -0.2) is 14.4 Å². The fourth-order valence-corrected chi connectivity index (χ4v) is 5.16. The lowest BCUT2D eigenvalue weighted by Crippen LogP contribution is -2.03. The lowest BCUT2D eigenvalue weighted by atomic mass is 9.87. The maximum atomic E-state index is 4.97. The summed E-state index contributed by atoms with van der Waals surface area (Å²) in [5.74, 6) is 0.839. The quantitative estimate of drug-likeness (QED) is 0.286. The van der Waals surface area contributed by atoms with E-state index in [1.807, 2.05) is 12.4 Å². The Hall–Kier alpha value is -3.46. The van der Waals surface area contributed by atoms with E-state index >= 15 is 0 Å². The molecule has 152 valence electrons. The van der Waals surface area contributed by atoms with Crippen LogP contribution in [0.15, 0.2) is 67.0 Å². The Morgan fingerprint density at radius 3 is 2.06 bits per heavy atom. The van der Waals surface area contributed by atoms with Gasteiger partial charge in [-0.2, -0.15) is 0 Å². The van der Waals surface area contributed by atoms with Gasteiger partial charge in [-0.15, -0.1) is 0 Å². The predicted octanol–water partition coefficient (Wildman–Crippen LogP) is 7.54. The fraction of sp³-hybridized carbons (Fsp3) is 0.214. The molecule has 0 saturated carbocycles. The van der Waals surface area contributed by atoms with Crippen molar-refractivity contribution in [1.29, 1.82) is 0 Å². The van der Waals surface area contributed by atoms with Gasteiger partial charge in [-0.05, 0) is 39.8 Å². The van der Waals surface area contributed by atoms with Crippen molar-refractivity contribution in [3.05, 3.63) is 78.1 Å². The van der Waals surface area contributed by atoms with Gasteiger partial charge in [0, 0.05) is 27.9 Å². The van der Waals surface area contributed by atoms with Crippen LogP contribution in [-0.2, 0) is 0 Å². The van der Waals surface area contributed by atoms with Crippen molar-refractivity contribution in [2.24, 2.45) is 0 Å². The van der Waals surface area contributed by atoms with E-state index in [2.05, 4.69) is 86.7 Å². The zero-order valence-electron chi connectivity index (χ0n) is 18.3. The molecule has 31 heavy (non-hydrogen) atoms. The Morgan fingerprint density at radius 2 is 1.35 bits per heavy atom. The molecule has 0 bridgehead atoms. The van der Waals surface area contributed by atoms with E-state index in [1.165, 1.54) is 43.6 Å². The van der Waals surface area contributed by atoms with Crippen LogP contribution in [0.4, 0.5) is 0 Å². The minimum absolute atomic E-state index is 0.419. The summed E-state index contributed by atoms with van der Waals surface area (Å²) in [5.41, 5.74) is 7.12. The van der Waals surface area contributed by atoms with E-state index in [9.17, 15) is 0 Å². The highest BCUT2D eigenvalue weighted by Crippen LogP contribution is 2.41. The third-order valence-corrected chi connectivity index (χ3v) is 6.60. The molecule has 6 rings (SSSR count). The largest absolute Gasteiger partial charge is 0.276 e.